The molecule has 0 fully saturated rings. The molecule has 0 heterocycles. The van der Waals surface area contributed by atoms with Gasteiger partial charge in [0.05, 0.1) is 6.10 Å². The average molecular weight is 334 g/mol. The number of nitrogens with one attached hydrogen (secondary N) is 3. The number of aliphatic hydroxyl groups excluding tert-OH is 1. The number of carbonyl (C=O) groups excluding carboxylic acids is 1. The summed E-state index contributed by atoms with van der Waals surface area (Å²) in [5, 5.41) is 19.3. The van der Waals surface area contributed by atoms with Gasteiger partial charge < -0.3 is 21.1 Å². The molecule has 1 atom stereocenters. The Hall–Kier alpha value is -2.08. The molecule has 1 unspecified atom stereocenters. The van der Waals surface area contributed by atoms with Gasteiger partial charge in [-0.2, -0.15) is 0 Å². The largest absolute Gasteiger partial charge is 0.388 e. The molecule has 24 heavy (non-hydrogen) atoms. The van der Waals surface area contributed by atoms with E-state index in [2.05, 4.69) is 20.9 Å². The van der Waals surface area contributed by atoms with Crippen molar-refractivity contribution in [3.63, 3.8) is 0 Å². The fourth-order valence-electron chi connectivity index (χ4n) is 2.17. The van der Waals surface area contributed by atoms with Crippen LogP contribution in [0.1, 0.15) is 45.3 Å². The highest BCUT2D eigenvalue weighted by molar-refractivity contribution is 5.81. The van der Waals surface area contributed by atoms with Crippen molar-refractivity contribution in [3.8, 4) is 0 Å². The zero-order valence-electron chi connectivity index (χ0n) is 14.9. The molecule has 0 spiro atoms. The monoisotopic (exact) mass is 334 g/mol. The van der Waals surface area contributed by atoms with Gasteiger partial charge >= 0.3 is 0 Å². The van der Waals surface area contributed by atoms with Gasteiger partial charge in [0.25, 0.3) is 0 Å². The zero-order valence-corrected chi connectivity index (χ0v) is 14.9. The van der Waals surface area contributed by atoms with E-state index < -0.39 is 6.10 Å². The Balaban J connectivity index is 2.38. The first-order valence-corrected chi connectivity index (χ1v) is 8.57. The molecule has 0 aliphatic carbocycles. The molecule has 1 aromatic rings. The van der Waals surface area contributed by atoms with E-state index in [9.17, 15) is 9.90 Å². The summed E-state index contributed by atoms with van der Waals surface area (Å²) in [5.41, 5.74) is 0.899. The summed E-state index contributed by atoms with van der Waals surface area (Å²) in [5.74, 6) is 0.683. The van der Waals surface area contributed by atoms with Crippen LogP contribution in [0.3, 0.4) is 0 Å². The maximum atomic E-state index is 11.6. The fourth-order valence-corrected chi connectivity index (χ4v) is 2.17. The first-order valence-electron chi connectivity index (χ1n) is 8.57. The van der Waals surface area contributed by atoms with Crippen LogP contribution in [0.15, 0.2) is 35.3 Å². The van der Waals surface area contributed by atoms with Gasteiger partial charge in [-0.1, -0.05) is 30.3 Å². The number of hydrogen-bond acceptors (Lipinski definition) is 3. The lowest BCUT2D eigenvalue weighted by Gasteiger charge is -2.13. The third-order valence-electron chi connectivity index (χ3n) is 3.30. The summed E-state index contributed by atoms with van der Waals surface area (Å²) < 4.78 is 0. The van der Waals surface area contributed by atoms with E-state index in [1.807, 2.05) is 51.1 Å². The topological polar surface area (TPSA) is 85.8 Å². The lowest BCUT2D eigenvalue weighted by molar-refractivity contribution is -0.121. The SMILES string of the molecule is CCNC(=NCCC(O)c1ccccc1)NCCC(=O)NC(C)C. The highest BCUT2D eigenvalue weighted by Crippen LogP contribution is 2.15. The molecule has 1 rings (SSSR count). The second kappa shape index (κ2) is 11.5. The number of benzene rings is 1. The number of guanidine groups is 1. The zero-order chi connectivity index (χ0) is 17.8. The molecule has 0 saturated carbocycles. The normalized spacial score (nSPS) is 12.8. The maximum absolute atomic E-state index is 11.6. The predicted molar refractivity (Wildman–Crippen MR) is 97.9 cm³/mol. The molecule has 6 heteroatoms. The van der Waals surface area contributed by atoms with Gasteiger partial charge in [0, 0.05) is 32.1 Å². The van der Waals surface area contributed by atoms with E-state index in [4.69, 9.17) is 0 Å². The van der Waals surface area contributed by atoms with E-state index >= 15 is 0 Å². The van der Waals surface area contributed by atoms with Crippen LogP contribution in [0.25, 0.3) is 0 Å². The van der Waals surface area contributed by atoms with Crippen molar-refractivity contribution in [2.75, 3.05) is 19.6 Å². The van der Waals surface area contributed by atoms with Crippen LogP contribution in [0, 0.1) is 0 Å². The summed E-state index contributed by atoms with van der Waals surface area (Å²) in [7, 11) is 0. The minimum absolute atomic E-state index is 0.0212. The highest BCUT2D eigenvalue weighted by Gasteiger charge is 2.07. The van der Waals surface area contributed by atoms with Gasteiger partial charge in [-0.3, -0.25) is 9.79 Å². The van der Waals surface area contributed by atoms with Crippen molar-refractivity contribution in [2.45, 2.75) is 45.8 Å². The van der Waals surface area contributed by atoms with Crippen molar-refractivity contribution in [1.29, 1.82) is 0 Å². The Morgan fingerprint density at radius 3 is 2.54 bits per heavy atom. The van der Waals surface area contributed by atoms with Crippen molar-refractivity contribution >= 4 is 11.9 Å². The van der Waals surface area contributed by atoms with Gasteiger partial charge in [0.15, 0.2) is 5.96 Å². The van der Waals surface area contributed by atoms with Crippen LogP contribution < -0.4 is 16.0 Å². The Morgan fingerprint density at radius 1 is 1.21 bits per heavy atom. The molecule has 0 saturated heterocycles. The van der Waals surface area contributed by atoms with Crippen LogP contribution in [0.2, 0.25) is 0 Å². The number of amides is 1. The number of aliphatic imine (C=N–C) groups is 1. The molecule has 1 amide bonds. The van der Waals surface area contributed by atoms with Gasteiger partial charge in [-0.15, -0.1) is 0 Å². The van der Waals surface area contributed by atoms with E-state index in [0.29, 0.717) is 31.9 Å². The third kappa shape index (κ3) is 8.53. The smallest absolute Gasteiger partial charge is 0.221 e. The van der Waals surface area contributed by atoms with Crippen molar-refractivity contribution < 1.29 is 9.90 Å². The minimum atomic E-state index is -0.519. The summed E-state index contributed by atoms with van der Waals surface area (Å²) in [6.45, 7) is 7.63. The molecule has 0 aliphatic rings. The van der Waals surface area contributed by atoms with Crippen molar-refractivity contribution in [2.24, 2.45) is 4.99 Å². The van der Waals surface area contributed by atoms with Crippen molar-refractivity contribution in [1.82, 2.24) is 16.0 Å². The first-order chi connectivity index (χ1) is 11.5. The van der Waals surface area contributed by atoms with Crippen LogP contribution >= 0.6 is 0 Å². The van der Waals surface area contributed by atoms with Crippen LogP contribution in [0.4, 0.5) is 0 Å². The van der Waals surface area contributed by atoms with Crippen LogP contribution in [-0.2, 0) is 4.79 Å². The molecule has 1 aromatic carbocycles. The van der Waals surface area contributed by atoms with Gasteiger partial charge in [-0.05, 0) is 32.8 Å². The number of hydrogen-bond donors (Lipinski definition) is 4. The summed E-state index contributed by atoms with van der Waals surface area (Å²) in [6, 6.07) is 9.72. The molecule has 0 aliphatic heterocycles. The Bertz CT molecular complexity index is 503. The lowest BCUT2D eigenvalue weighted by atomic mass is 10.1. The van der Waals surface area contributed by atoms with E-state index in [-0.39, 0.29) is 11.9 Å². The Labute approximate surface area is 144 Å². The summed E-state index contributed by atoms with van der Waals surface area (Å²) in [4.78, 5) is 16.0. The number of rotatable bonds is 9. The van der Waals surface area contributed by atoms with E-state index in [0.717, 1.165) is 12.1 Å². The van der Waals surface area contributed by atoms with Crippen LogP contribution in [0.5, 0.6) is 0 Å². The number of aliphatic hydroxyl groups is 1. The van der Waals surface area contributed by atoms with Crippen LogP contribution in [-0.4, -0.2) is 42.6 Å². The number of carbonyl (C=O) groups is 1. The third-order valence-corrected chi connectivity index (χ3v) is 3.30. The number of nitrogens with zero attached hydrogens (tertiary/aromatic N) is 1. The predicted octanol–water partition coefficient (Wildman–Crippen LogP) is 1.58. The highest BCUT2D eigenvalue weighted by atomic mass is 16.3. The molecule has 6 nitrogen and oxygen atoms in total. The second-order valence-electron chi connectivity index (χ2n) is 5.87. The van der Waals surface area contributed by atoms with E-state index in [1.54, 1.807) is 0 Å². The van der Waals surface area contributed by atoms with Crippen molar-refractivity contribution in [3.05, 3.63) is 35.9 Å². The van der Waals surface area contributed by atoms with Gasteiger partial charge in [-0.25, -0.2) is 0 Å². The quantitative estimate of drug-likeness (QED) is 0.408. The van der Waals surface area contributed by atoms with Gasteiger partial charge in [0.2, 0.25) is 5.91 Å². The maximum Gasteiger partial charge on any atom is 0.221 e. The lowest BCUT2D eigenvalue weighted by Crippen LogP contribution is -2.40. The fraction of sp³-hybridized carbons (Fsp3) is 0.556. The molecule has 0 radical (unpaired) electrons. The van der Waals surface area contributed by atoms with E-state index in [1.165, 1.54) is 0 Å². The summed E-state index contributed by atoms with van der Waals surface area (Å²) >= 11 is 0. The Morgan fingerprint density at radius 2 is 1.92 bits per heavy atom. The van der Waals surface area contributed by atoms with Gasteiger partial charge in [0.1, 0.15) is 0 Å². The molecular weight excluding hydrogens is 304 g/mol. The Kier molecular flexibility index (Phi) is 9.53. The molecule has 4 N–H and O–H groups in total. The average Bonchev–Trinajstić information content (AvgIpc) is 2.54. The minimum Gasteiger partial charge on any atom is -0.388 e. The summed E-state index contributed by atoms with van der Waals surface area (Å²) in [6.07, 6.45) is 0.429. The molecular formula is C18H30N4O2. The first kappa shape index (κ1) is 20.0. The molecule has 0 aromatic heterocycles. The second-order valence-corrected chi connectivity index (χ2v) is 5.87. The standard InChI is InChI=1S/C18H30N4O2/c1-4-19-18(21-13-11-17(24)22-14(2)3)20-12-10-16(23)15-8-6-5-7-9-15/h5-9,14,16,23H,4,10-13H2,1-3H3,(H,22,24)(H2,19,20,21). The molecule has 0 bridgehead atoms. The molecule has 134 valence electrons.